The minimum atomic E-state index is 0. The Morgan fingerprint density at radius 1 is 1.20 bits per heavy atom. The maximum absolute atomic E-state index is 5.85. The van der Waals surface area contributed by atoms with Gasteiger partial charge in [-0.05, 0) is 37.5 Å². The molecule has 0 bridgehead atoms. The lowest BCUT2D eigenvalue weighted by Crippen LogP contribution is -2.38. The van der Waals surface area contributed by atoms with Crippen molar-refractivity contribution in [1.82, 2.24) is 10.6 Å². The van der Waals surface area contributed by atoms with Crippen molar-refractivity contribution in [2.24, 2.45) is 4.99 Å². The molecule has 2 N–H and O–H groups in total. The Morgan fingerprint density at radius 3 is 2.45 bits per heavy atom. The summed E-state index contributed by atoms with van der Waals surface area (Å²) in [4.78, 5) is 4.18. The van der Waals surface area contributed by atoms with Gasteiger partial charge in [-0.2, -0.15) is 0 Å². The third kappa shape index (κ3) is 8.43. The zero-order valence-electron chi connectivity index (χ0n) is 12.0. The largest absolute Gasteiger partial charge is 0.356 e. The second-order valence-corrected chi connectivity index (χ2v) is 4.60. The predicted molar refractivity (Wildman–Crippen MR) is 99.4 cm³/mol. The number of rotatable bonds is 6. The van der Waals surface area contributed by atoms with Crippen molar-refractivity contribution in [3.63, 3.8) is 0 Å². The fourth-order valence-electron chi connectivity index (χ4n) is 1.64. The molecule has 0 aromatic heterocycles. The molecule has 112 valence electrons. The number of allylic oxidation sites excluding steroid dienone is 1. The number of guanidine groups is 1. The summed E-state index contributed by atoms with van der Waals surface area (Å²) in [6, 6.07) is 7.93. The fourth-order valence-corrected chi connectivity index (χ4v) is 1.76. The average molecular weight is 408 g/mol. The van der Waals surface area contributed by atoms with E-state index in [2.05, 4.69) is 27.8 Å². The first-order valence-corrected chi connectivity index (χ1v) is 6.94. The van der Waals surface area contributed by atoms with Gasteiger partial charge in [-0.3, -0.25) is 4.99 Å². The summed E-state index contributed by atoms with van der Waals surface area (Å²) in [6.45, 7) is 3.77. The van der Waals surface area contributed by atoms with Crippen molar-refractivity contribution < 1.29 is 0 Å². The Bertz CT molecular complexity index is 416. The highest BCUT2D eigenvalue weighted by Gasteiger charge is 1.97. The van der Waals surface area contributed by atoms with Crippen LogP contribution in [0.5, 0.6) is 0 Å². The summed E-state index contributed by atoms with van der Waals surface area (Å²) in [7, 11) is 1.79. The smallest absolute Gasteiger partial charge is 0.190 e. The Balaban J connectivity index is 0.00000361. The number of hydrogen-bond acceptors (Lipinski definition) is 1. The van der Waals surface area contributed by atoms with Gasteiger partial charge in [0.15, 0.2) is 5.96 Å². The van der Waals surface area contributed by atoms with Crippen LogP contribution in [0.2, 0.25) is 5.02 Å². The van der Waals surface area contributed by atoms with Crippen molar-refractivity contribution in [3.8, 4) is 0 Å². The Morgan fingerprint density at radius 2 is 1.85 bits per heavy atom. The molecule has 0 aliphatic heterocycles. The lowest BCUT2D eigenvalue weighted by Gasteiger charge is -2.11. The third-order valence-electron chi connectivity index (χ3n) is 2.68. The monoisotopic (exact) mass is 407 g/mol. The number of hydrogen-bond donors (Lipinski definition) is 2. The normalized spacial score (nSPS) is 11.2. The summed E-state index contributed by atoms with van der Waals surface area (Å²) in [5.74, 6) is 0.846. The first-order chi connectivity index (χ1) is 9.26. The summed E-state index contributed by atoms with van der Waals surface area (Å²) in [5.41, 5.74) is 1.27. The average Bonchev–Trinajstić information content (AvgIpc) is 2.43. The lowest BCUT2D eigenvalue weighted by atomic mass is 10.1. The van der Waals surface area contributed by atoms with Crippen LogP contribution in [0, 0.1) is 0 Å². The van der Waals surface area contributed by atoms with Crippen LogP contribution in [-0.4, -0.2) is 26.1 Å². The van der Waals surface area contributed by atoms with E-state index in [0.29, 0.717) is 0 Å². The maximum Gasteiger partial charge on any atom is 0.190 e. The van der Waals surface area contributed by atoms with E-state index in [1.54, 1.807) is 7.05 Å². The standard InChI is InChI=1S/C15H22ClN3.HI/c1-3-4-5-11-18-15(17-2)19-12-10-13-6-8-14(16)9-7-13;/h3-4,6-9H,5,10-12H2,1-2H3,(H2,17,18,19);1H/b4-3+;. The molecule has 1 aromatic rings. The van der Waals surface area contributed by atoms with Crippen LogP contribution in [0.4, 0.5) is 0 Å². The fraction of sp³-hybridized carbons (Fsp3) is 0.400. The van der Waals surface area contributed by atoms with Gasteiger partial charge in [0, 0.05) is 25.2 Å². The van der Waals surface area contributed by atoms with Crippen molar-refractivity contribution >= 4 is 41.5 Å². The molecule has 1 rings (SSSR count). The van der Waals surface area contributed by atoms with Crippen molar-refractivity contribution in [3.05, 3.63) is 47.0 Å². The van der Waals surface area contributed by atoms with Gasteiger partial charge in [0.1, 0.15) is 0 Å². The van der Waals surface area contributed by atoms with E-state index < -0.39 is 0 Å². The number of nitrogens with zero attached hydrogens (tertiary/aromatic N) is 1. The van der Waals surface area contributed by atoms with Gasteiger partial charge in [0.05, 0.1) is 0 Å². The zero-order chi connectivity index (χ0) is 13.9. The van der Waals surface area contributed by atoms with Crippen LogP contribution in [0.3, 0.4) is 0 Å². The molecule has 0 unspecified atom stereocenters. The molecule has 0 aliphatic carbocycles. The van der Waals surface area contributed by atoms with Crippen LogP contribution in [0.25, 0.3) is 0 Å². The molecule has 0 heterocycles. The SMILES string of the molecule is C/C=C/CCNC(=NC)NCCc1ccc(Cl)cc1.I. The van der Waals surface area contributed by atoms with Gasteiger partial charge < -0.3 is 10.6 Å². The summed E-state index contributed by atoms with van der Waals surface area (Å²) < 4.78 is 0. The highest BCUT2D eigenvalue weighted by molar-refractivity contribution is 14.0. The highest BCUT2D eigenvalue weighted by atomic mass is 127. The molecule has 0 saturated carbocycles. The van der Waals surface area contributed by atoms with Crippen LogP contribution >= 0.6 is 35.6 Å². The number of halogens is 2. The van der Waals surface area contributed by atoms with E-state index in [-0.39, 0.29) is 24.0 Å². The van der Waals surface area contributed by atoms with Gasteiger partial charge in [0.2, 0.25) is 0 Å². The second kappa shape index (κ2) is 12.0. The van der Waals surface area contributed by atoms with Gasteiger partial charge >= 0.3 is 0 Å². The quantitative estimate of drug-likeness (QED) is 0.248. The topological polar surface area (TPSA) is 36.4 Å². The van der Waals surface area contributed by atoms with Gasteiger partial charge in [0.25, 0.3) is 0 Å². The molecule has 0 atom stereocenters. The molecular weight excluding hydrogens is 385 g/mol. The molecule has 20 heavy (non-hydrogen) atoms. The van der Waals surface area contributed by atoms with Crippen LogP contribution in [-0.2, 0) is 6.42 Å². The predicted octanol–water partition coefficient (Wildman–Crippen LogP) is 3.63. The van der Waals surface area contributed by atoms with E-state index in [1.165, 1.54) is 5.56 Å². The van der Waals surface area contributed by atoms with Gasteiger partial charge in [-0.15, -0.1) is 24.0 Å². The summed E-state index contributed by atoms with van der Waals surface area (Å²) in [5, 5.41) is 7.33. The summed E-state index contributed by atoms with van der Waals surface area (Å²) in [6.07, 6.45) is 6.15. The molecular formula is C15H23ClIN3. The molecule has 5 heteroatoms. The minimum Gasteiger partial charge on any atom is -0.356 e. The van der Waals surface area contributed by atoms with E-state index in [1.807, 2.05) is 31.2 Å². The lowest BCUT2D eigenvalue weighted by molar-refractivity contribution is 0.791. The molecule has 0 aliphatic rings. The number of benzene rings is 1. The Labute approximate surface area is 143 Å². The number of nitrogens with one attached hydrogen (secondary N) is 2. The first-order valence-electron chi connectivity index (χ1n) is 6.56. The molecule has 0 amide bonds. The maximum atomic E-state index is 5.85. The molecule has 0 saturated heterocycles. The molecule has 0 fully saturated rings. The first kappa shape index (κ1) is 19.2. The second-order valence-electron chi connectivity index (χ2n) is 4.16. The Kier molecular flexibility index (Phi) is 11.6. The minimum absolute atomic E-state index is 0. The highest BCUT2D eigenvalue weighted by Crippen LogP contribution is 2.09. The van der Waals surface area contributed by atoms with E-state index in [4.69, 9.17) is 11.6 Å². The van der Waals surface area contributed by atoms with E-state index in [9.17, 15) is 0 Å². The van der Waals surface area contributed by atoms with Crippen LogP contribution in [0.1, 0.15) is 18.9 Å². The van der Waals surface area contributed by atoms with Crippen molar-refractivity contribution in [2.75, 3.05) is 20.1 Å². The summed E-state index contributed by atoms with van der Waals surface area (Å²) >= 11 is 5.85. The van der Waals surface area contributed by atoms with E-state index >= 15 is 0 Å². The Hall–Kier alpha value is -0.750. The zero-order valence-corrected chi connectivity index (χ0v) is 15.1. The van der Waals surface area contributed by atoms with Crippen LogP contribution < -0.4 is 10.6 Å². The molecule has 0 spiro atoms. The molecule has 3 nitrogen and oxygen atoms in total. The van der Waals surface area contributed by atoms with Crippen molar-refractivity contribution in [1.29, 1.82) is 0 Å². The van der Waals surface area contributed by atoms with Gasteiger partial charge in [-0.25, -0.2) is 0 Å². The molecule has 1 aromatic carbocycles. The van der Waals surface area contributed by atoms with Gasteiger partial charge in [-0.1, -0.05) is 35.9 Å². The van der Waals surface area contributed by atoms with Crippen LogP contribution in [0.15, 0.2) is 41.4 Å². The van der Waals surface area contributed by atoms with E-state index in [0.717, 1.165) is 36.9 Å². The number of aliphatic imine (C=N–C) groups is 1. The van der Waals surface area contributed by atoms with Crippen molar-refractivity contribution in [2.45, 2.75) is 19.8 Å². The molecule has 0 radical (unpaired) electrons. The third-order valence-corrected chi connectivity index (χ3v) is 2.93.